The lowest BCUT2D eigenvalue weighted by Crippen LogP contribution is -2.08. The molecule has 21 heavy (non-hydrogen) atoms. The lowest BCUT2D eigenvalue weighted by Gasteiger charge is -2.13. The van der Waals surface area contributed by atoms with Crippen LogP contribution in [0.4, 0.5) is 14.6 Å². The predicted octanol–water partition coefficient (Wildman–Crippen LogP) is 4.27. The first kappa shape index (κ1) is 15.8. The first-order chi connectivity index (χ1) is 9.92. The van der Waals surface area contributed by atoms with Gasteiger partial charge in [0.1, 0.15) is 23.3 Å². The lowest BCUT2D eigenvalue weighted by molar-refractivity contribution is 0.573. The van der Waals surface area contributed by atoms with Crippen LogP contribution in [0.3, 0.4) is 0 Å². The summed E-state index contributed by atoms with van der Waals surface area (Å²) in [6.45, 7) is 4.05. The third-order valence-corrected chi connectivity index (χ3v) is 3.85. The van der Waals surface area contributed by atoms with E-state index < -0.39 is 11.6 Å². The van der Waals surface area contributed by atoms with Crippen LogP contribution in [0.25, 0.3) is 0 Å². The van der Waals surface area contributed by atoms with Crippen molar-refractivity contribution >= 4 is 21.7 Å². The van der Waals surface area contributed by atoms with Crippen LogP contribution in [0.2, 0.25) is 0 Å². The number of anilines is 1. The average molecular weight is 356 g/mol. The fourth-order valence-electron chi connectivity index (χ4n) is 1.98. The molecule has 112 valence electrons. The van der Waals surface area contributed by atoms with Crippen LogP contribution in [-0.4, -0.2) is 17.0 Å². The second-order valence-corrected chi connectivity index (χ2v) is 5.80. The zero-order chi connectivity index (χ0) is 15.6. The molecule has 0 atom stereocenters. The summed E-state index contributed by atoms with van der Waals surface area (Å²) in [5.41, 5.74) is 1.22. The van der Waals surface area contributed by atoms with E-state index in [1.54, 1.807) is 7.05 Å². The third kappa shape index (κ3) is 3.56. The Morgan fingerprint density at radius 2 is 1.95 bits per heavy atom. The zero-order valence-corrected chi connectivity index (χ0v) is 13.6. The normalized spacial score (nSPS) is 11.0. The first-order valence-electron chi connectivity index (χ1n) is 6.60. The molecule has 0 bridgehead atoms. The number of benzene rings is 1. The van der Waals surface area contributed by atoms with E-state index in [0.29, 0.717) is 17.2 Å². The van der Waals surface area contributed by atoms with Gasteiger partial charge in [-0.3, -0.25) is 0 Å². The van der Waals surface area contributed by atoms with Crippen molar-refractivity contribution in [1.29, 1.82) is 0 Å². The molecule has 0 saturated heterocycles. The Hall–Kier alpha value is -1.56. The highest BCUT2D eigenvalue weighted by atomic mass is 79.9. The fourth-order valence-corrected chi connectivity index (χ4v) is 2.81. The van der Waals surface area contributed by atoms with Gasteiger partial charge in [0.25, 0.3) is 0 Å². The van der Waals surface area contributed by atoms with Crippen LogP contribution in [-0.2, 0) is 6.42 Å². The third-order valence-electron chi connectivity index (χ3n) is 3.07. The maximum atomic E-state index is 13.7. The number of aromatic nitrogens is 2. The van der Waals surface area contributed by atoms with Crippen molar-refractivity contribution in [1.82, 2.24) is 9.97 Å². The van der Waals surface area contributed by atoms with Gasteiger partial charge in [0.2, 0.25) is 0 Å². The van der Waals surface area contributed by atoms with E-state index in [0.717, 1.165) is 16.2 Å². The van der Waals surface area contributed by atoms with Gasteiger partial charge in [0.05, 0.1) is 10.2 Å². The summed E-state index contributed by atoms with van der Waals surface area (Å²) in [6, 6.07) is 3.53. The molecule has 0 radical (unpaired) electrons. The van der Waals surface area contributed by atoms with Crippen molar-refractivity contribution in [2.45, 2.75) is 26.2 Å². The van der Waals surface area contributed by atoms with Crippen molar-refractivity contribution in [2.75, 3.05) is 12.4 Å². The molecule has 0 aliphatic rings. The number of halogens is 3. The molecule has 1 N–H and O–H groups in total. The minimum atomic E-state index is -0.591. The molecule has 0 fully saturated rings. The van der Waals surface area contributed by atoms with Crippen LogP contribution >= 0.6 is 15.9 Å². The van der Waals surface area contributed by atoms with Crippen LogP contribution in [0.15, 0.2) is 22.7 Å². The van der Waals surface area contributed by atoms with Gasteiger partial charge in [-0.1, -0.05) is 19.9 Å². The SMILES string of the molecule is CNc1nc(Cc2ccc(F)cc2F)nc(C(C)C)c1Br. The summed E-state index contributed by atoms with van der Waals surface area (Å²) in [6.07, 6.45) is 0.216. The van der Waals surface area contributed by atoms with Crippen molar-refractivity contribution in [3.8, 4) is 0 Å². The van der Waals surface area contributed by atoms with E-state index in [2.05, 4.69) is 31.2 Å². The zero-order valence-electron chi connectivity index (χ0n) is 12.0. The Morgan fingerprint density at radius 1 is 1.24 bits per heavy atom. The molecule has 1 aromatic carbocycles. The molecule has 0 aliphatic carbocycles. The van der Waals surface area contributed by atoms with Gasteiger partial charge in [-0.15, -0.1) is 0 Å². The minimum Gasteiger partial charge on any atom is -0.372 e. The summed E-state index contributed by atoms with van der Waals surface area (Å²) < 4.78 is 27.5. The molecule has 0 amide bonds. The average Bonchev–Trinajstić information content (AvgIpc) is 2.43. The number of nitrogens with one attached hydrogen (secondary N) is 1. The molecular formula is C15H16BrF2N3. The van der Waals surface area contributed by atoms with Crippen LogP contribution in [0.1, 0.15) is 36.8 Å². The Kier molecular flexibility index (Phi) is 4.88. The first-order valence-corrected chi connectivity index (χ1v) is 7.39. The van der Waals surface area contributed by atoms with E-state index in [9.17, 15) is 8.78 Å². The quantitative estimate of drug-likeness (QED) is 0.889. The number of hydrogen-bond donors (Lipinski definition) is 1. The topological polar surface area (TPSA) is 37.8 Å². The summed E-state index contributed by atoms with van der Waals surface area (Å²) in [4.78, 5) is 8.84. The van der Waals surface area contributed by atoms with Crippen LogP contribution in [0.5, 0.6) is 0 Å². The van der Waals surface area contributed by atoms with Gasteiger partial charge < -0.3 is 5.32 Å². The maximum Gasteiger partial charge on any atom is 0.144 e. The van der Waals surface area contributed by atoms with Crippen LogP contribution in [0, 0.1) is 11.6 Å². The molecule has 3 nitrogen and oxygen atoms in total. The van der Waals surface area contributed by atoms with Gasteiger partial charge in [0.15, 0.2) is 0 Å². The molecule has 2 aromatic rings. The van der Waals surface area contributed by atoms with E-state index in [4.69, 9.17) is 0 Å². The van der Waals surface area contributed by atoms with Crippen molar-refractivity contribution in [3.05, 3.63) is 51.4 Å². The largest absolute Gasteiger partial charge is 0.372 e. The van der Waals surface area contributed by atoms with Gasteiger partial charge in [-0.25, -0.2) is 18.7 Å². The molecule has 6 heteroatoms. The smallest absolute Gasteiger partial charge is 0.144 e. The van der Waals surface area contributed by atoms with Crippen molar-refractivity contribution in [3.63, 3.8) is 0 Å². The summed E-state index contributed by atoms with van der Waals surface area (Å²) in [7, 11) is 1.76. The Morgan fingerprint density at radius 3 is 2.52 bits per heavy atom. The monoisotopic (exact) mass is 355 g/mol. The molecule has 0 spiro atoms. The molecule has 0 aliphatic heterocycles. The molecular weight excluding hydrogens is 340 g/mol. The number of nitrogens with zero attached hydrogens (tertiary/aromatic N) is 2. The number of hydrogen-bond acceptors (Lipinski definition) is 3. The summed E-state index contributed by atoms with van der Waals surface area (Å²) in [5.74, 6) is 0.180. The second-order valence-electron chi connectivity index (χ2n) is 5.00. The predicted molar refractivity (Wildman–Crippen MR) is 82.5 cm³/mol. The summed E-state index contributed by atoms with van der Waals surface area (Å²) in [5, 5.41) is 2.99. The molecule has 0 unspecified atom stereocenters. The highest BCUT2D eigenvalue weighted by Gasteiger charge is 2.15. The molecule has 0 saturated carbocycles. The second kappa shape index (κ2) is 6.47. The van der Waals surface area contributed by atoms with E-state index in [1.807, 2.05) is 13.8 Å². The van der Waals surface area contributed by atoms with Crippen molar-refractivity contribution in [2.24, 2.45) is 0 Å². The Labute approximate surface area is 131 Å². The standard InChI is InChI=1S/C15H16BrF2N3/c1-8(2)14-13(16)15(19-3)21-12(20-14)6-9-4-5-10(17)7-11(9)18/h4-5,7-8H,6H2,1-3H3,(H,19,20,21). The Bertz CT molecular complexity index is 660. The molecule has 1 heterocycles. The van der Waals surface area contributed by atoms with Crippen molar-refractivity contribution < 1.29 is 8.78 Å². The fraction of sp³-hybridized carbons (Fsp3) is 0.333. The maximum absolute atomic E-state index is 13.7. The van der Waals surface area contributed by atoms with Gasteiger partial charge in [0, 0.05) is 19.5 Å². The highest BCUT2D eigenvalue weighted by molar-refractivity contribution is 9.10. The molecule has 2 rings (SSSR count). The van der Waals surface area contributed by atoms with Gasteiger partial charge in [-0.05, 0) is 33.5 Å². The highest BCUT2D eigenvalue weighted by Crippen LogP contribution is 2.29. The van der Waals surface area contributed by atoms with E-state index in [-0.39, 0.29) is 12.3 Å². The van der Waals surface area contributed by atoms with Gasteiger partial charge >= 0.3 is 0 Å². The minimum absolute atomic E-state index is 0.200. The number of rotatable bonds is 4. The van der Waals surface area contributed by atoms with E-state index >= 15 is 0 Å². The van der Waals surface area contributed by atoms with Gasteiger partial charge in [-0.2, -0.15) is 0 Å². The molecule has 1 aromatic heterocycles. The Balaban J connectivity index is 2.42. The lowest BCUT2D eigenvalue weighted by atomic mass is 10.1. The summed E-state index contributed by atoms with van der Waals surface area (Å²) >= 11 is 3.47. The van der Waals surface area contributed by atoms with E-state index in [1.165, 1.54) is 12.1 Å². The van der Waals surface area contributed by atoms with Crippen LogP contribution < -0.4 is 5.32 Å².